The summed E-state index contributed by atoms with van der Waals surface area (Å²) in [5.74, 6) is -0.249. The third-order valence-corrected chi connectivity index (χ3v) is 4.63. The van der Waals surface area contributed by atoms with E-state index in [9.17, 15) is 9.59 Å². The number of hydrogen-bond donors (Lipinski definition) is 0. The fourth-order valence-corrected chi connectivity index (χ4v) is 3.31. The lowest BCUT2D eigenvalue weighted by Gasteiger charge is -2.30. The number of carbonyl (C=O) groups excluding carboxylic acids is 2. The zero-order chi connectivity index (χ0) is 17.9. The van der Waals surface area contributed by atoms with Crippen molar-refractivity contribution in [2.45, 2.75) is 57.9 Å². The molecule has 1 fully saturated rings. The lowest BCUT2D eigenvalue weighted by Crippen LogP contribution is -2.40. The minimum Gasteiger partial charge on any atom is -0.466 e. The number of ether oxygens (including phenoxy) is 1. The van der Waals surface area contributed by atoms with Gasteiger partial charge in [-0.1, -0.05) is 56.0 Å². The quantitative estimate of drug-likeness (QED) is 0.423. The van der Waals surface area contributed by atoms with Gasteiger partial charge in [0.2, 0.25) is 5.91 Å². The van der Waals surface area contributed by atoms with Crippen LogP contribution in [0.4, 0.5) is 0 Å². The van der Waals surface area contributed by atoms with Crippen LogP contribution in [0.1, 0.15) is 57.4 Å². The van der Waals surface area contributed by atoms with Crippen LogP contribution in [0.5, 0.6) is 0 Å². The van der Waals surface area contributed by atoms with Crippen molar-refractivity contribution in [1.29, 1.82) is 0 Å². The summed E-state index contributed by atoms with van der Waals surface area (Å²) in [6.45, 7) is 2.61. The summed E-state index contributed by atoms with van der Waals surface area (Å²) in [4.78, 5) is 26.4. The summed E-state index contributed by atoms with van der Waals surface area (Å²) in [5.41, 5.74) is 1.00. The zero-order valence-electron chi connectivity index (χ0n) is 15.2. The van der Waals surface area contributed by atoms with Crippen LogP contribution in [0.3, 0.4) is 0 Å². The number of esters is 1. The van der Waals surface area contributed by atoms with Crippen LogP contribution in [0.15, 0.2) is 36.4 Å². The van der Waals surface area contributed by atoms with Gasteiger partial charge in [-0.25, -0.2) is 0 Å². The van der Waals surface area contributed by atoms with E-state index >= 15 is 0 Å². The third kappa shape index (κ3) is 6.73. The summed E-state index contributed by atoms with van der Waals surface area (Å²) in [6.07, 6.45) is 10.5. The Morgan fingerprint density at radius 2 is 1.80 bits per heavy atom. The van der Waals surface area contributed by atoms with Gasteiger partial charge in [0.1, 0.15) is 0 Å². The molecule has 0 heterocycles. The van der Waals surface area contributed by atoms with E-state index in [0.29, 0.717) is 13.2 Å². The van der Waals surface area contributed by atoms with Gasteiger partial charge < -0.3 is 9.64 Å². The standard InChI is InChI=1S/C21H29NO3/c1-2-25-21(24)16-17-22(19-12-8-3-4-9-13-19)20(23)15-14-18-10-6-5-7-11-18/h5-7,10-11,14-15,19H,2-4,8-9,12-13,16-17H2,1H3/b15-14+. The third-order valence-electron chi connectivity index (χ3n) is 4.63. The lowest BCUT2D eigenvalue weighted by atomic mass is 10.1. The van der Waals surface area contributed by atoms with Crippen LogP contribution in [-0.2, 0) is 14.3 Å². The van der Waals surface area contributed by atoms with Crippen LogP contribution in [0.2, 0.25) is 0 Å². The second-order valence-electron chi connectivity index (χ2n) is 6.48. The summed E-state index contributed by atoms with van der Waals surface area (Å²) in [7, 11) is 0. The van der Waals surface area contributed by atoms with Crippen LogP contribution < -0.4 is 0 Å². The molecule has 1 amide bonds. The van der Waals surface area contributed by atoms with Crippen LogP contribution in [-0.4, -0.2) is 36.0 Å². The Morgan fingerprint density at radius 1 is 1.12 bits per heavy atom. The van der Waals surface area contributed by atoms with E-state index in [-0.39, 0.29) is 24.3 Å². The van der Waals surface area contributed by atoms with E-state index in [1.165, 1.54) is 12.8 Å². The fraction of sp³-hybridized carbons (Fsp3) is 0.524. The average Bonchev–Trinajstić information content (AvgIpc) is 2.91. The molecule has 0 bridgehead atoms. The Bertz CT molecular complexity index is 560. The molecule has 1 aliphatic rings. The van der Waals surface area contributed by atoms with Crippen LogP contribution in [0.25, 0.3) is 6.08 Å². The highest BCUT2D eigenvalue weighted by atomic mass is 16.5. The highest BCUT2D eigenvalue weighted by Crippen LogP contribution is 2.22. The van der Waals surface area contributed by atoms with Crippen molar-refractivity contribution in [2.75, 3.05) is 13.2 Å². The van der Waals surface area contributed by atoms with Crippen LogP contribution in [0, 0.1) is 0 Å². The summed E-state index contributed by atoms with van der Waals surface area (Å²) >= 11 is 0. The second-order valence-corrected chi connectivity index (χ2v) is 6.48. The fourth-order valence-electron chi connectivity index (χ4n) is 3.31. The SMILES string of the molecule is CCOC(=O)CCN(C(=O)/C=C/c1ccccc1)C1CCCCCC1. The molecule has 1 aromatic rings. The van der Waals surface area contributed by atoms with Crippen molar-refractivity contribution in [3.63, 3.8) is 0 Å². The maximum Gasteiger partial charge on any atom is 0.307 e. The molecular weight excluding hydrogens is 314 g/mol. The Morgan fingerprint density at radius 3 is 2.44 bits per heavy atom. The zero-order valence-corrected chi connectivity index (χ0v) is 15.2. The molecule has 0 saturated heterocycles. The normalized spacial score (nSPS) is 15.7. The minimum atomic E-state index is -0.235. The van der Waals surface area contributed by atoms with Crippen molar-refractivity contribution < 1.29 is 14.3 Å². The highest BCUT2D eigenvalue weighted by molar-refractivity contribution is 5.92. The topological polar surface area (TPSA) is 46.6 Å². The number of amides is 1. The average molecular weight is 343 g/mol. The van der Waals surface area contributed by atoms with Gasteiger partial charge in [-0.15, -0.1) is 0 Å². The van der Waals surface area contributed by atoms with E-state index in [1.807, 2.05) is 41.3 Å². The first kappa shape index (κ1) is 19.2. The van der Waals surface area contributed by atoms with Crippen molar-refractivity contribution in [2.24, 2.45) is 0 Å². The molecular formula is C21H29NO3. The molecule has 0 N–H and O–H groups in total. The predicted octanol–water partition coefficient (Wildman–Crippen LogP) is 4.20. The molecule has 1 aromatic carbocycles. The number of hydrogen-bond acceptors (Lipinski definition) is 3. The molecule has 0 atom stereocenters. The van der Waals surface area contributed by atoms with Crippen molar-refractivity contribution >= 4 is 18.0 Å². The molecule has 0 unspecified atom stereocenters. The molecule has 1 saturated carbocycles. The van der Waals surface area contributed by atoms with E-state index < -0.39 is 0 Å². The second kappa shape index (κ2) is 10.7. The molecule has 25 heavy (non-hydrogen) atoms. The van der Waals surface area contributed by atoms with E-state index in [0.717, 1.165) is 31.2 Å². The molecule has 0 spiro atoms. The summed E-state index contributed by atoms with van der Waals surface area (Å²) in [5, 5.41) is 0. The van der Waals surface area contributed by atoms with Gasteiger partial charge in [-0.2, -0.15) is 0 Å². The number of nitrogens with zero attached hydrogens (tertiary/aromatic N) is 1. The molecule has 136 valence electrons. The molecule has 4 nitrogen and oxygen atoms in total. The largest absolute Gasteiger partial charge is 0.466 e. The van der Waals surface area contributed by atoms with Gasteiger partial charge in [-0.3, -0.25) is 9.59 Å². The Balaban J connectivity index is 2.04. The first-order valence-electron chi connectivity index (χ1n) is 9.40. The molecule has 0 radical (unpaired) electrons. The Hall–Kier alpha value is -2.10. The van der Waals surface area contributed by atoms with Crippen molar-refractivity contribution in [3.05, 3.63) is 42.0 Å². The van der Waals surface area contributed by atoms with Crippen LogP contribution >= 0.6 is 0 Å². The molecule has 0 aliphatic heterocycles. The van der Waals surface area contributed by atoms with E-state index in [4.69, 9.17) is 4.74 Å². The molecule has 0 aromatic heterocycles. The van der Waals surface area contributed by atoms with Crippen molar-refractivity contribution in [3.8, 4) is 0 Å². The summed E-state index contributed by atoms with van der Waals surface area (Å²) < 4.78 is 5.02. The van der Waals surface area contributed by atoms with Gasteiger partial charge in [-0.05, 0) is 31.4 Å². The maximum atomic E-state index is 12.8. The Labute approximate surface area is 150 Å². The van der Waals surface area contributed by atoms with E-state index in [2.05, 4.69) is 0 Å². The Kier molecular flexibility index (Phi) is 8.23. The molecule has 4 heteroatoms. The van der Waals surface area contributed by atoms with Gasteiger partial charge in [0.15, 0.2) is 0 Å². The smallest absolute Gasteiger partial charge is 0.307 e. The first-order valence-corrected chi connectivity index (χ1v) is 9.40. The maximum absolute atomic E-state index is 12.8. The molecule has 2 rings (SSSR count). The number of carbonyl (C=O) groups is 2. The summed E-state index contributed by atoms with van der Waals surface area (Å²) in [6, 6.07) is 10.0. The number of rotatable bonds is 7. The predicted molar refractivity (Wildman–Crippen MR) is 99.9 cm³/mol. The minimum absolute atomic E-state index is 0.0138. The molecule has 1 aliphatic carbocycles. The van der Waals surface area contributed by atoms with Gasteiger partial charge in [0.25, 0.3) is 0 Å². The monoisotopic (exact) mass is 343 g/mol. The van der Waals surface area contributed by atoms with Gasteiger partial charge in [0, 0.05) is 18.7 Å². The van der Waals surface area contributed by atoms with Crippen molar-refractivity contribution in [1.82, 2.24) is 4.90 Å². The first-order chi connectivity index (χ1) is 12.2. The lowest BCUT2D eigenvalue weighted by molar-refractivity contribution is -0.144. The van der Waals surface area contributed by atoms with Gasteiger partial charge >= 0.3 is 5.97 Å². The number of benzene rings is 1. The highest BCUT2D eigenvalue weighted by Gasteiger charge is 2.24. The van der Waals surface area contributed by atoms with Gasteiger partial charge in [0.05, 0.1) is 13.0 Å². The van der Waals surface area contributed by atoms with E-state index in [1.54, 1.807) is 13.0 Å².